The molecule has 5 nitrogen and oxygen atoms in total. The number of fused-ring (bicyclic) bond motifs is 3. The number of carbonyl (C=O) groups is 1. The van der Waals surface area contributed by atoms with Gasteiger partial charge in [0.05, 0.1) is 16.1 Å². The normalized spacial score (nSPS) is 14.5. The molecule has 1 heterocycles. The SMILES string of the molecule is O=C(CN1c2ccc(F)cc2-c2ccccc2S1(=O)=O)Nc1cccc(C(F)(F)F)c1. The van der Waals surface area contributed by atoms with Crippen molar-refractivity contribution in [2.24, 2.45) is 0 Å². The summed E-state index contributed by atoms with van der Waals surface area (Å²) in [4.78, 5) is 12.4. The van der Waals surface area contributed by atoms with Gasteiger partial charge in [0.15, 0.2) is 0 Å². The third-order valence-corrected chi connectivity index (χ3v) is 6.55. The molecular weight excluding hydrogens is 436 g/mol. The minimum atomic E-state index is -4.59. The molecule has 0 bridgehead atoms. The van der Waals surface area contributed by atoms with Crippen LogP contribution in [0, 0.1) is 5.82 Å². The fourth-order valence-electron chi connectivity index (χ4n) is 3.38. The molecule has 1 aliphatic rings. The molecule has 0 spiro atoms. The maximum atomic E-state index is 13.9. The van der Waals surface area contributed by atoms with Gasteiger partial charge in [0.2, 0.25) is 5.91 Å². The molecule has 10 heteroatoms. The van der Waals surface area contributed by atoms with Crippen LogP contribution < -0.4 is 9.62 Å². The molecule has 0 unspecified atom stereocenters. The fraction of sp³-hybridized carbons (Fsp3) is 0.0952. The lowest BCUT2D eigenvalue weighted by molar-refractivity contribution is -0.137. The van der Waals surface area contributed by atoms with Crippen LogP contribution >= 0.6 is 0 Å². The van der Waals surface area contributed by atoms with E-state index in [2.05, 4.69) is 5.32 Å². The summed E-state index contributed by atoms with van der Waals surface area (Å²) in [6.45, 7) is -0.703. The quantitative estimate of drug-likeness (QED) is 0.591. The standard InChI is InChI=1S/C21H14F4N2O3S/c22-14-8-9-18-17(11-14)16-6-1-2-7-19(16)31(29,30)27(18)12-20(28)26-15-5-3-4-13(10-15)21(23,24)25/h1-11H,12H2,(H,26,28). The molecule has 4 rings (SSSR count). The first kappa shape index (κ1) is 20.9. The number of alkyl halides is 3. The Hall–Kier alpha value is -3.40. The second-order valence-corrected chi connectivity index (χ2v) is 8.63. The molecule has 160 valence electrons. The molecule has 0 saturated heterocycles. The van der Waals surface area contributed by atoms with Crippen molar-refractivity contribution in [2.75, 3.05) is 16.2 Å². The number of anilines is 2. The first-order valence-electron chi connectivity index (χ1n) is 8.96. The van der Waals surface area contributed by atoms with E-state index in [1.807, 2.05) is 0 Å². The Morgan fingerprint density at radius 1 is 0.935 bits per heavy atom. The molecule has 1 N–H and O–H groups in total. The minimum absolute atomic E-state index is 0.0966. The Morgan fingerprint density at radius 3 is 2.42 bits per heavy atom. The smallest absolute Gasteiger partial charge is 0.325 e. The van der Waals surface area contributed by atoms with Crippen molar-refractivity contribution in [3.8, 4) is 11.1 Å². The lowest BCUT2D eigenvalue weighted by atomic mass is 10.0. The van der Waals surface area contributed by atoms with Gasteiger partial charge in [-0.15, -0.1) is 0 Å². The molecule has 0 fully saturated rings. The van der Waals surface area contributed by atoms with Crippen molar-refractivity contribution in [1.82, 2.24) is 0 Å². The maximum absolute atomic E-state index is 13.9. The molecule has 0 aromatic heterocycles. The lowest BCUT2D eigenvalue weighted by Crippen LogP contribution is -2.40. The van der Waals surface area contributed by atoms with Gasteiger partial charge >= 0.3 is 6.18 Å². The second-order valence-electron chi connectivity index (χ2n) is 6.80. The number of hydrogen-bond donors (Lipinski definition) is 1. The van der Waals surface area contributed by atoms with Crippen LogP contribution in [0.4, 0.5) is 28.9 Å². The zero-order valence-electron chi connectivity index (χ0n) is 15.7. The summed E-state index contributed by atoms with van der Waals surface area (Å²) in [6, 6.07) is 13.5. The van der Waals surface area contributed by atoms with Crippen LogP contribution in [-0.2, 0) is 21.0 Å². The van der Waals surface area contributed by atoms with E-state index in [1.165, 1.54) is 36.4 Å². The summed E-state index contributed by atoms with van der Waals surface area (Å²) in [5, 5.41) is 2.29. The predicted octanol–water partition coefficient (Wildman–Crippen LogP) is 4.66. The topological polar surface area (TPSA) is 66.5 Å². The summed E-state index contributed by atoms with van der Waals surface area (Å²) < 4.78 is 79.6. The molecule has 0 saturated carbocycles. The summed E-state index contributed by atoms with van der Waals surface area (Å²) in [6.07, 6.45) is -4.59. The predicted molar refractivity (Wildman–Crippen MR) is 106 cm³/mol. The monoisotopic (exact) mass is 450 g/mol. The fourth-order valence-corrected chi connectivity index (χ4v) is 5.03. The van der Waals surface area contributed by atoms with Crippen molar-refractivity contribution in [1.29, 1.82) is 0 Å². The molecule has 0 aliphatic carbocycles. The average molecular weight is 450 g/mol. The molecule has 31 heavy (non-hydrogen) atoms. The second kappa shape index (κ2) is 7.38. The highest BCUT2D eigenvalue weighted by molar-refractivity contribution is 7.93. The van der Waals surface area contributed by atoms with Crippen molar-refractivity contribution >= 4 is 27.3 Å². The van der Waals surface area contributed by atoms with Crippen LogP contribution in [0.15, 0.2) is 71.6 Å². The van der Waals surface area contributed by atoms with Crippen molar-refractivity contribution in [3.63, 3.8) is 0 Å². The van der Waals surface area contributed by atoms with E-state index in [1.54, 1.807) is 6.07 Å². The largest absolute Gasteiger partial charge is 0.416 e. The number of nitrogens with zero attached hydrogens (tertiary/aromatic N) is 1. The molecule has 1 aliphatic heterocycles. The number of benzene rings is 3. The van der Waals surface area contributed by atoms with Gasteiger partial charge in [0.1, 0.15) is 12.4 Å². The molecule has 1 amide bonds. The van der Waals surface area contributed by atoms with Crippen molar-refractivity contribution in [3.05, 3.63) is 78.1 Å². The Labute approximate surface area is 175 Å². The highest BCUT2D eigenvalue weighted by atomic mass is 32.2. The van der Waals surface area contributed by atoms with Gasteiger partial charge < -0.3 is 5.32 Å². The summed E-state index contributed by atoms with van der Waals surface area (Å²) in [7, 11) is -4.16. The third-order valence-electron chi connectivity index (χ3n) is 4.73. The Morgan fingerprint density at radius 2 is 1.68 bits per heavy atom. The number of carbonyl (C=O) groups excluding carboxylic acids is 1. The number of hydrogen-bond acceptors (Lipinski definition) is 3. The van der Waals surface area contributed by atoms with Gasteiger partial charge in [0, 0.05) is 16.8 Å². The van der Waals surface area contributed by atoms with Gasteiger partial charge in [-0.3, -0.25) is 9.10 Å². The third kappa shape index (κ3) is 3.86. The number of rotatable bonds is 3. The van der Waals surface area contributed by atoms with Crippen LogP contribution in [0.1, 0.15) is 5.56 Å². The minimum Gasteiger partial charge on any atom is -0.325 e. The Bertz CT molecular complexity index is 1290. The zero-order chi connectivity index (χ0) is 22.4. The first-order valence-corrected chi connectivity index (χ1v) is 10.4. The summed E-state index contributed by atoms with van der Waals surface area (Å²) >= 11 is 0. The van der Waals surface area contributed by atoms with Crippen molar-refractivity contribution < 1.29 is 30.8 Å². The van der Waals surface area contributed by atoms with Crippen molar-refractivity contribution in [2.45, 2.75) is 11.1 Å². The van der Waals surface area contributed by atoms with E-state index in [0.717, 1.165) is 28.6 Å². The van der Waals surface area contributed by atoms with Crippen LogP contribution in [0.5, 0.6) is 0 Å². The van der Waals surface area contributed by atoms with E-state index >= 15 is 0 Å². The number of halogens is 4. The lowest BCUT2D eigenvalue weighted by Gasteiger charge is -2.31. The summed E-state index contributed by atoms with van der Waals surface area (Å²) in [5.41, 5.74) is -0.400. The molecule has 3 aromatic rings. The number of nitrogens with one attached hydrogen (secondary N) is 1. The number of amides is 1. The van der Waals surface area contributed by atoms with E-state index < -0.39 is 40.0 Å². The van der Waals surface area contributed by atoms with Crippen LogP contribution in [0.25, 0.3) is 11.1 Å². The van der Waals surface area contributed by atoms with E-state index in [-0.39, 0.29) is 21.8 Å². The molecule has 3 aromatic carbocycles. The maximum Gasteiger partial charge on any atom is 0.416 e. The van der Waals surface area contributed by atoms with Crippen LogP contribution in [0.2, 0.25) is 0 Å². The van der Waals surface area contributed by atoms with Gasteiger partial charge in [0.25, 0.3) is 10.0 Å². The molecule has 0 atom stereocenters. The molecular formula is C21H14F4N2O3S. The highest BCUT2D eigenvalue weighted by Gasteiger charge is 2.36. The van der Waals surface area contributed by atoms with Gasteiger partial charge in [-0.1, -0.05) is 24.3 Å². The van der Waals surface area contributed by atoms with Crippen LogP contribution in [-0.4, -0.2) is 20.9 Å². The zero-order valence-corrected chi connectivity index (χ0v) is 16.5. The Balaban J connectivity index is 1.68. The Kier molecular flexibility index (Phi) is 4.97. The first-order chi connectivity index (χ1) is 14.6. The number of sulfonamides is 1. The highest BCUT2D eigenvalue weighted by Crippen LogP contribution is 2.43. The average Bonchev–Trinajstić information content (AvgIpc) is 2.71. The van der Waals surface area contributed by atoms with E-state index in [0.29, 0.717) is 5.56 Å². The summed E-state index contributed by atoms with van der Waals surface area (Å²) in [5.74, 6) is -1.43. The van der Waals surface area contributed by atoms with Gasteiger partial charge in [-0.25, -0.2) is 12.8 Å². The van der Waals surface area contributed by atoms with Gasteiger partial charge in [-0.05, 0) is 42.5 Å². The molecule has 0 radical (unpaired) electrons. The van der Waals surface area contributed by atoms with E-state index in [4.69, 9.17) is 0 Å². The van der Waals surface area contributed by atoms with Crippen LogP contribution in [0.3, 0.4) is 0 Å². The van der Waals surface area contributed by atoms with E-state index in [9.17, 15) is 30.8 Å². The van der Waals surface area contributed by atoms with Gasteiger partial charge in [-0.2, -0.15) is 13.2 Å².